The average molecular weight is 353 g/mol. The van der Waals surface area contributed by atoms with E-state index in [4.69, 9.17) is 11.6 Å². The molecule has 0 bridgehead atoms. The highest BCUT2D eigenvalue weighted by Gasteiger charge is 2.29. The third-order valence-corrected chi connectivity index (χ3v) is 6.41. The number of rotatable bonds is 4. The molecule has 0 aliphatic carbocycles. The van der Waals surface area contributed by atoms with E-state index in [1.165, 1.54) is 0 Å². The topological polar surface area (TPSA) is 58.2 Å². The maximum absolute atomic E-state index is 12.8. The molecule has 1 aliphatic rings. The first kappa shape index (κ1) is 16.7. The van der Waals surface area contributed by atoms with Gasteiger partial charge in [-0.2, -0.15) is 0 Å². The molecule has 23 heavy (non-hydrogen) atoms. The van der Waals surface area contributed by atoms with Gasteiger partial charge in [0.2, 0.25) is 10.0 Å². The SMILES string of the molecule is CC1(CNS(=O)(=O)c2ccc(Cl)c3ccccc23)CCNCC1. The fourth-order valence-electron chi connectivity index (χ4n) is 3.02. The van der Waals surface area contributed by atoms with Crippen molar-refractivity contribution in [3.8, 4) is 0 Å². The normalized spacial score (nSPS) is 18.2. The second kappa shape index (κ2) is 6.40. The van der Waals surface area contributed by atoms with Crippen LogP contribution in [0.4, 0.5) is 0 Å². The number of halogens is 1. The van der Waals surface area contributed by atoms with Crippen LogP contribution in [0.2, 0.25) is 5.02 Å². The molecule has 2 aromatic carbocycles. The van der Waals surface area contributed by atoms with Crippen molar-refractivity contribution < 1.29 is 8.42 Å². The lowest BCUT2D eigenvalue weighted by Gasteiger charge is -2.34. The molecule has 1 aliphatic heterocycles. The zero-order valence-corrected chi connectivity index (χ0v) is 14.7. The largest absolute Gasteiger partial charge is 0.317 e. The molecule has 0 saturated carbocycles. The Hall–Kier alpha value is -1.14. The minimum atomic E-state index is -3.57. The molecule has 1 heterocycles. The summed E-state index contributed by atoms with van der Waals surface area (Å²) in [5, 5.41) is 5.28. The average Bonchev–Trinajstić information content (AvgIpc) is 2.54. The molecule has 2 aromatic rings. The molecule has 1 fully saturated rings. The van der Waals surface area contributed by atoms with Crippen LogP contribution in [0.1, 0.15) is 19.8 Å². The van der Waals surface area contributed by atoms with Crippen molar-refractivity contribution in [2.45, 2.75) is 24.7 Å². The third kappa shape index (κ3) is 3.53. The van der Waals surface area contributed by atoms with Gasteiger partial charge in [0.05, 0.1) is 4.90 Å². The van der Waals surface area contributed by atoms with Crippen LogP contribution in [0, 0.1) is 5.41 Å². The fraction of sp³-hybridized carbons (Fsp3) is 0.412. The van der Waals surface area contributed by atoms with Crippen molar-refractivity contribution in [1.29, 1.82) is 0 Å². The van der Waals surface area contributed by atoms with Crippen LogP contribution >= 0.6 is 11.6 Å². The molecule has 0 radical (unpaired) electrons. The second-order valence-electron chi connectivity index (χ2n) is 6.48. The molecule has 0 atom stereocenters. The van der Waals surface area contributed by atoms with Crippen LogP contribution in [0.25, 0.3) is 10.8 Å². The Morgan fingerprint density at radius 2 is 1.78 bits per heavy atom. The summed E-state index contributed by atoms with van der Waals surface area (Å²) < 4.78 is 28.3. The van der Waals surface area contributed by atoms with Crippen LogP contribution < -0.4 is 10.0 Å². The van der Waals surface area contributed by atoms with E-state index in [-0.39, 0.29) is 10.3 Å². The van der Waals surface area contributed by atoms with Crippen molar-refractivity contribution in [3.63, 3.8) is 0 Å². The van der Waals surface area contributed by atoms with Gasteiger partial charge < -0.3 is 5.32 Å². The second-order valence-corrected chi connectivity index (χ2v) is 8.62. The van der Waals surface area contributed by atoms with E-state index >= 15 is 0 Å². The van der Waals surface area contributed by atoms with Gasteiger partial charge in [-0.25, -0.2) is 13.1 Å². The molecule has 1 saturated heterocycles. The minimum Gasteiger partial charge on any atom is -0.317 e. The summed E-state index contributed by atoms with van der Waals surface area (Å²) >= 11 is 6.18. The molecule has 2 N–H and O–H groups in total. The highest BCUT2D eigenvalue weighted by atomic mass is 35.5. The first-order valence-corrected chi connectivity index (χ1v) is 9.65. The predicted octanol–water partition coefficient (Wildman–Crippen LogP) is 3.16. The smallest absolute Gasteiger partial charge is 0.241 e. The van der Waals surface area contributed by atoms with Gasteiger partial charge in [0, 0.05) is 22.3 Å². The number of sulfonamides is 1. The van der Waals surface area contributed by atoms with Gasteiger partial charge in [0.15, 0.2) is 0 Å². The van der Waals surface area contributed by atoms with Crippen LogP contribution in [0.3, 0.4) is 0 Å². The number of fused-ring (bicyclic) bond motifs is 1. The summed E-state index contributed by atoms with van der Waals surface area (Å²) in [5.41, 5.74) is 0.000545. The van der Waals surface area contributed by atoms with Crippen molar-refractivity contribution in [2.24, 2.45) is 5.41 Å². The molecule has 0 spiro atoms. The number of hydrogen-bond donors (Lipinski definition) is 2. The number of nitrogens with one attached hydrogen (secondary N) is 2. The quantitative estimate of drug-likeness (QED) is 0.888. The van der Waals surface area contributed by atoms with Gasteiger partial charge in [-0.1, -0.05) is 42.8 Å². The highest BCUT2D eigenvalue weighted by Crippen LogP contribution is 2.31. The zero-order chi connectivity index (χ0) is 16.5. The van der Waals surface area contributed by atoms with Gasteiger partial charge in [0.1, 0.15) is 0 Å². The molecular weight excluding hydrogens is 332 g/mol. The maximum atomic E-state index is 12.8. The van der Waals surface area contributed by atoms with Crippen LogP contribution in [0.15, 0.2) is 41.3 Å². The van der Waals surface area contributed by atoms with Crippen molar-refractivity contribution in [1.82, 2.24) is 10.0 Å². The fourth-order valence-corrected chi connectivity index (χ4v) is 4.66. The summed E-state index contributed by atoms with van der Waals surface area (Å²) in [6.07, 6.45) is 1.94. The van der Waals surface area contributed by atoms with E-state index in [1.807, 2.05) is 18.2 Å². The Morgan fingerprint density at radius 1 is 1.13 bits per heavy atom. The van der Waals surface area contributed by atoms with E-state index < -0.39 is 10.0 Å². The predicted molar refractivity (Wildman–Crippen MR) is 94.4 cm³/mol. The molecule has 6 heteroatoms. The standard InChI is InChI=1S/C17H21ClN2O2S/c1-17(8-10-19-11-9-17)12-20-23(21,22)16-7-6-15(18)13-4-2-3-5-14(13)16/h2-7,19-20H,8-12H2,1H3. The van der Waals surface area contributed by atoms with E-state index in [2.05, 4.69) is 17.0 Å². The molecule has 4 nitrogen and oxygen atoms in total. The molecule has 0 amide bonds. The summed E-state index contributed by atoms with van der Waals surface area (Å²) in [4.78, 5) is 0.287. The molecule has 124 valence electrons. The maximum Gasteiger partial charge on any atom is 0.241 e. The Kier molecular flexibility index (Phi) is 4.65. The highest BCUT2D eigenvalue weighted by molar-refractivity contribution is 7.89. The van der Waals surface area contributed by atoms with Crippen molar-refractivity contribution >= 4 is 32.4 Å². The Bertz CT molecular complexity index is 814. The van der Waals surface area contributed by atoms with E-state index in [0.717, 1.165) is 31.3 Å². The molecule has 3 rings (SSSR count). The van der Waals surface area contributed by atoms with Gasteiger partial charge in [-0.15, -0.1) is 0 Å². The molecule has 0 unspecified atom stereocenters. The van der Waals surface area contributed by atoms with Gasteiger partial charge in [0.25, 0.3) is 0 Å². The van der Waals surface area contributed by atoms with Crippen molar-refractivity contribution in [2.75, 3.05) is 19.6 Å². The first-order valence-electron chi connectivity index (χ1n) is 7.79. The first-order chi connectivity index (χ1) is 10.9. The van der Waals surface area contributed by atoms with Crippen LogP contribution in [-0.4, -0.2) is 28.1 Å². The Labute approximate surface area is 142 Å². The lowest BCUT2D eigenvalue weighted by atomic mass is 9.81. The summed E-state index contributed by atoms with van der Waals surface area (Å²) in [5.74, 6) is 0. The van der Waals surface area contributed by atoms with Crippen LogP contribution in [0.5, 0.6) is 0 Å². The zero-order valence-electron chi connectivity index (χ0n) is 13.1. The Balaban J connectivity index is 1.90. The third-order valence-electron chi connectivity index (χ3n) is 4.62. The Morgan fingerprint density at radius 3 is 2.48 bits per heavy atom. The molecule has 0 aromatic heterocycles. The van der Waals surface area contributed by atoms with Crippen LogP contribution in [-0.2, 0) is 10.0 Å². The minimum absolute atomic E-state index is 0.000545. The van der Waals surface area contributed by atoms with Crippen molar-refractivity contribution in [3.05, 3.63) is 41.4 Å². The number of hydrogen-bond acceptors (Lipinski definition) is 3. The van der Waals surface area contributed by atoms with E-state index in [9.17, 15) is 8.42 Å². The number of piperidine rings is 1. The van der Waals surface area contributed by atoms with Gasteiger partial charge in [-0.05, 0) is 43.5 Å². The lowest BCUT2D eigenvalue weighted by molar-refractivity contribution is 0.232. The van der Waals surface area contributed by atoms with Gasteiger partial charge in [-0.3, -0.25) is 0 Å². The van der Waals surface area contributed by atoms with E-state index in [0.29, 0.717) is 17.0 Å². The monoisotopic (exact) mass is 352 g/mol. The van der Waals surface area contributed by atoms with E-state index in [1.54, 1.807) is 18.2 Å². The summed E-state index contributed by atoms with van der Waals surface area (Å²) in [6.45, 7) is 4.45. The summed E-state index contributed by atoms with van der Waals surface area (Å²) in [7, 11) is -3.57. The van der Waals surface area contributed by atoms with Gasteiger partial charge >= 0.3 is 0 Å². The number of benzene rings is 2. The summed E-state index contributed by atoms with van der Waals surface area (Å²) in [6, 6.07) is 10.5. The lowest BCUT2D eigenvalue weighted by Crippen LogP contribution is -2.42. The molecular formula is C17H21ClN2O2S.